The summed E-state index contributed by atoms with van der Waals surface area (Å²) in [6.45, 7) is 0.202. The van der Waals surface area contributed by atoms with Crippen molar-refractivity contribution in [2.75, 3.05) is 11.9 Å². The van der Waals surface area contributed by atoms with E-state index in [1.54, 1.807) is 0 Å². The van der Waals surface area contributed by atoms with E-state index in [1.807, 2.05) is 0 Å². The first-order valence-electron chi connectivity index (χ1n) is 4.11. The summed E-state index contributed by atoms with van der Waals surface area (Å²) in [6.07, 6.45) is -4.35. The molecule has 0 spiro atoms. The molecule has 1 heterocycles. The van der Waals surface area contributed by atoms with E-state index in [9.17, 15) is 13.2 Å². The molecule has 0 radical (unpaired) electrons. The SMILES string of the molecule is FC(F)(F)c1ccc2c(c1)NC(=S)CO2. The summed E-state index contributed by atoms with van der Waals surface area (Å²) in [5.74, 6) is 0.386. The standard InChI is InChI=1S/C9H6F3NOS/c10-9(11,12)5-1-2-7-6(3-5)13-8(15)4-14-7/h1-3H,4H2,(H,13,15). The molecule has 0 atom stereocenters. The maximum absolute atomic E-state index is 12.4. The van der Waals surface area contributed by atoms with Crippen LogP contribution < -0.4 is 10.1 Å². The minimum atomic E-state index is -4.35. The van der Waals surface area contributed by atoms with Gasteiger partial charge < -0.3 is 10.1 Å². The molecule has 0 bridgehead atoms. The Kier molecular flexibility index (Phi) is 2.30. The molecule has 1 aromatic rings. The summed E-state index contributed by atoms with van der Waals surface area (Å²) in [6, 6.07) is 3.25. The smallest absolute Gasteiger partial charge is 0.416 e. The zero-order chi connectivity index (χ0) is 11.1. The molecule has 1 aliphatic rings. The molecule has 0 saturated heterocycles. The number of anilines is 1. The topological polar surface area (TPSA) is 21.3 Å². The van der Waals surface area contributed by atoms with Gasteiger partial charge in [-0.3, -0.25) is 0 Å². The molecule has 1 N–H and O–H groups in total. The van der Waals surface area contributed by atoms with Gasteiger partial charge in [0.15, 0.2) is 0 Å². The molecular formula is C9H6F3NOS. The van der Waals surface area contributed by atoms with Crippen LogP contribution in [0.3, 0.4) is 0 Å². The zero-order valence-electron chi connectivity index (χ0n) is 7.39. The monoisotopic (exact) mass is 233 g/mol. The summed E-state index contributed by atoms with van der Waals surface area (Å²) in [7, 11) is 0. The van der Waals surface area contributed by atoms with Crippen LogP contribution in [0.15, 0.2) is 18.2 Å². The first-order chi connectivity index (χ1) is 6.97. The molecule has 1 aromatic carbocycles. The van der Waals surface area contributed by atoms with Crippen LogP contribution in [0.25, 0.3) is 0 Å². The maximum Gasteiger partial charge on any atom is 0.416 e. The third kappa shape index (κ3) is 2.04. The van der Waals surface area contributed by atoms with Gasteiger partial charge in [0, 0.05) is 0 Å². The van der Waals surface area contributed by atoms with Gasteiger partial charge in [0.1, 0.15) is 17.3 Å². The normalized spacial score (nSPS) is 15.3. The van der Waals surface area contributed by atoms with E-state index in [0.29, 0.717) is 10.7 Å². The lowest BCUT2D eigenvalue weighted by Crippen LogP contribution is -2.24. The van der Waals surface area contributed by atoms with Gasteiger partial charge in [-0.25, -0.2) is 0 Å². The predicted molar refractivity (Wildman–Crippen MR) is 53.2 cm³/mol. The second kappa shape index (κ2) is 3.37. The molecule has 6 heteroatoms. The molecule has 0 unspecified atom stereocenters. The highest BCUT2D eigenvalue weighted by atomic mass is 32.1. The molecule has 0 fully saturated rings. The van der Waals surface area contributed by atoms with Crippen molar-refractivity contribution in [2.45, 2.75) is 6.18 Å². The number of hydrogen-bond donors (Lipinski definition) is 1. The fourth-order valence-corrected chi connectivity index (χ4v) is 1.43. The van der Waals surface area contributed by atoms with E-state index in [2.05, 4.69) is 5.32 Å². The van der Waals surface area contributed by atoms with Crippen LogP contribution in [0, 0.1) is 0 Å². The molecular weight excluding hydrogens is 227 g/mol. The number of hydrogen-bond acceptors (Lipinski definition) is 2. The summed E-state index contributed by atoms with van der Waals surface area (Å²) in [5.41, 5.74) is -0.455. The second-order valence-corrected chi connectivity index (χ2v) is 3.54. The average molecular weight is 233 g/mol. The first kappa shape index (κ1) is 10.2. The fourth-order valence-electron chi connectivity index (χ4n) is 1.26. The number of alkyl halides is 3. The second-order valence-electron chi connectivity index (χ2n) is 3.05. The third-order valence-electron chi connectivity index (χ3n) is 1.94. The third-order valence-corrected chi connectivity index (χ3v) is 2.16. The molecule has 0 saturated carbocycles. The van der Waals surface area contributed by atoms with Crippen LogP contribution >= 0.6 is 12.2 Å². The van der Waals surface area contributed by atoms with Crippen LogP contribution in [0.1, 0.15) is 5.56 Å². The van der Waals surface area contributed by atoms with Gasteiger partial charge in [0.2, 0.25) is 0 Å². The minimum absolute atomic E-state index is 0.202. The maximum atomic E-state index is 12.4. The van der Waals surface area contributed by atoms with Crippen LogP contribution in [0.2, 0.25) is 0 Å². The van der Waals surface area contributed by atoms with E-state index in [4.69, 9.17) is 17.0 Å². The first-order valence-corrected chi connectivity index (χ1v) is 4.51. The lowest BCUT2D eigenvalue weighted by atomic mass is 10.1. The number of nitrogens with one attached hydrogen (secondary N) is 1. The van der Waals surface area contributed by atoms with Gasteiger partial charge in [-0.1, -0.05) is 12.2 Å². The minimum Gasteiger partial charge on any atom is -0.484 e. The van der Waals surface area contributed by atoms with Gasteiger partial charge in [0.05, 0.1) is 11.3 Å². The van der Waals surface area contributed by atoms with Crippen molar-refractivity contribution < 1.29 is 17.9 Å². The Balaban J connectivity index is 2.41. The van der Waals surface area contributed by atoms with Crippen LogP contribution in [-0.4, -0.2) is 11.6 Å². The number of halogens is 3. The fraction of sp³-hybridized carbons (Fsp3) is 0.222. The van der Waals surface area contributed by atoms with Crippen LogP contribution in [0.5, 0.6) is 5.75 Å². The average Bonchev–Trinajstić information content (AvgIpc) is 2.15. The van der Waals surface area contributed by atoms with Gasteiger partial charge in [-0.05, 0) is 18.2 Å². The lowest BCUT2D eigenvalue weighted by molar-refractivity contribution is -0.137. The van der Waals surface area contributed by atoms with Crippen molar-refractivity contribution in [3.63, 3.8) is 0 Å². The highest BCUT2D eigenvalue weighted by molar-refractivity contribution is 7.80. The van der Waals surface area contributed by atoms with Crippen molar-refractivity contribution in [3.8, 4) is 5.75 Å². The van der Waals surface area contributed by atoms with Crippen molar-refractivity contribution in [3.05, 3.63) is 23.8 Å². The molecule has 0 aliphatic carbocycles. The Labute approximate surface area is 89.0 Å². The molecule has 1 aliphatic heterocycles. The number of ether oxygens (including phenoxy) is 1. The van der Waals surface area contributed by atoms with Gasteiger partial charge in [-0.2, -0.15) is 13.2 Å². The van der Waals surface area contributed by atoms with Crippen LogP contribution in [-0.2, 0) is 6.18 Å². The number of rotatable bonds is 0. The largest absolute Gasteiger partial charge is 0.484 e. The van der Waals surface area contributed by atoms with E-state index in [1.165, 1.54) is 6.07 Å². The van der Waals surface area contributed by atoms with Gasteiger partial charge in [0.25, 0.3) is 0 Å². The van der Waals surface area contributed by atoms with Crippen molar-refractivity contribution >= 4 is 22.9 Å². The Hall–Kier alpha value is -1.30. The Morgan fingerprint density at radius 1 is 1.33 bits per heavy atom. The zero-order valence-corrected chi connectivity index (χ0v) is 8.21. The van der Waals surface area contributed by atoms with Crippen molar-refractivity contribution in [1.29, 1.82) is 0 Å². The van der Waals surface area contributed by atoms with Gasteiger partial charge in [-0.15, -0.1) is 0 Å². The Morgan fingerprint density at radius 2 is 2.07 bits per heavy atom. The van der Waals surface area contributed by atoms with Crippen molar-refractivity contribution in [2.24, 2.45) is 0 Å². The molecule has 15 heavy (non-hydrogen) atoms. The summed E-state index contributed by atoms with van der Waals surface area (Å²) < 4.78 is 42.2. The Morgan fingerprint density at radius 3 is 2.73 bits per heavy atom. The highest BCUT2D eigenvalue weighted by Crippen LogP contribution is 2.36. The predicted octanol–water partition coefficient (Wildman–Crippen LogP) is 2.84. The molecule has 0 aromatic heterocycles. The number of benzene rings is 1. The van der Waals surface area contributed by atoms with E-state index in [-0.39, 0.29) is 12.3 Å². The van der Waals surface area contributed by atoms with Crippen molar-refractivity contribution in [1.82, 2.24) is 0 Å². The highest BCUT2D eigenvalue weighted by Gasteiger charge is 2.31. The van der Waals surface area contributed by atoms with Crippen LogP contribution in [0.4, 0.5) is 18.9 Å². The van der Waals surface area contributed by atoms with E-state index >= 15 is 0 Å². The lowest BCUT2D eigenvalue weighted by Gasteiger charge is -2.20. The molecule has 2 nitrogen and oxygen atoms in total. The van der Waals surface area contributed by atoms with Gasteiger partial charge >= 0.3 is 6.18 Å². The summed E-state index contributed by atoms with van der Waals surface area (Å²) in [5, 5.41) is 2.68. The molecule has 80 valence electrons. The molecule has 0 amide bonds. The quantitative estimate of drug-likeness (QED) is 0.696. The number of thiocarbonyl (C=S) groups is 1. The Bertz CT molecular complexity index is 416. The summed E-state index contributed by atoms with van der Waals surface area (Å²) >= 11 is 4.80. The number of fused-ring (bicyclic) bond motifs is 1. The summed E-state index contributed by atoms with van der Waals surface area (Å²) in [4.78, 5) is 0.377. The van der Waals surface area contributed by atoms with E-state index in [0.717, 1.165) is 12.1 Å². The molecule has 2 rings (SSSR count). The van der Waals surface area contributed by atoms with E-state index < -0.39 is 11.7 Å².